The molecule has 2 rings (SSSR count). The molecule has 0 aliphatic carbocycles. The van der Waals surface area contributed by atoms with Crippen molar-refractivity contribution in [1.29, 1.82) is 0 Å². The Kier molecular flexibility index (Phi) is 6.82. The number of rotatable bonds is 5. The van der Waals surface area contributed by atoms with E-state index in [1.165, 1.54) is 12.0 Å². The van der Waals surface area contributed by atoms with E-state index in [9.17, 15) is 13.2 Å². The minimum atomic E-state index is -3.57. The maximum Gasteiger partial charge on any atom is 0.346 e. The van der Waals surface area contributed by atoms with Gasteiger partial charge in [-0.3, -0.25) is 0 Å². The molecular weight excluding hydrogens is 366 g/mol. The summed E-state index contributed by atoms with van der Waals surface area (Å²) < 4.78 is 22.3. The Labute approximate surface area is 160 Å². The van der Waals surface area contributed by atoms with Crippen molar-refractivity contribution >= 4 is 21.4 Å². The Morgan fingerprint density at radius 2 is 2.00 bits per heavy atom. The lowest BCUT2D eigenvalue weighted by molar-refractivity contribution is -0.191. The highest BCUT2D eigenvalue weighted by Crippen LogP contribution is 2.26. The van der Waals surface area contributed by atoms with Crippen LogP contribution in [0.3, 0.4) is 0 Å². The number of benzene rings is 1. The van der Waals surface area contributed by atoms with Crippen molar-refractivity contribution in [3.63, 3.8) is 0 Å². The van der Waals surface area contributed by atoms with Gasteiger partial charge in [-0.25, -0.2) is 13.2 Å². The van der Waals surface area contributed by atoms with E-state index in [0.29, 0.717) is 19.5 Å². The molecule has 7 heteroatoms. The summed E-state index contributed by atoms with van der Waals surface area (Å²) in [6.45, 7) is 3.78. The maximum atomic E-state index is 12.4. The predicted molar refractivity (Wildman–Crippen MR) is 104 cm³/mol. The van der Waals surface area contributed by atoms with Crippen LogP contribution in [0.1, 0.15) is 37.8 Å². The molecule has 0 saturated heterocycles. The summed E-state index contributed by atoms with van der Waals surface area (Å²) in [7, 11) is -3.57. The van der Waals surface area contributed by atoms with Crippen LogP contribution in [0.4, 0.5) is 0 Å². The Morgan fingerprint density at radius 3 is 2.48 bits per heavy atom. The van der Waals surface area contributed by atoms with E-state index in [2.05, 4.69) is 11.8 Å². The zero-order valence-electron chi connectivity index (χ0n) is 15.9. The molecule has 0 saturated carbocycles. The number of nitrogens with zero attached hydrogens (tertiary/aromatic N) is 1. The SMILES string of the molecule is CCC(C)(C(=O)ON1CC=C(c2ccc(C#CCO)cc2)CC1)S(C)(=O)=O. The Hall–Kier alpha value is -2.14. The third-order valence-corrected chi connectivity index (χ3v) is 6.97. The number of carbonyl (C=O) groups excluding carboxylic acids is 1. The molecule has 0 amide bonds. The number of aliphatic hydroxyl groups is 1. The van der Waals surface area contributed by atoms with E-state index in [1.54, 1.807) is 6.92 Å². The molecule has 1 aromatic carbocycles. The third-order valence-electron chi connectivity index (χ3n) is 4.88. The van der Waals surface area contributed by atoms with Crippen LogP contribution in [0.5, 0.6) is 0 Å². The van der Waals surface area contributed by atoms with Crippen molar-refractivity contribution in [1.82, 2.24) is 5.06 Å². The van der Waals surface area contributed by atoms with Crippen molar-refractivity contribution in [3.05, 3.63) is 41.5 Å². The molecule has 1 aliphatic heterocycles. The normalized spacial score (nSPS) is 17.3. The molecule has 27 heavy (non-hydrogen) atoms. The van der Waals surface area contributed by atoms with Crippen LogP contribution < -0.4 is 0 Å². The third kappa shape index (κ3) is 4.98. The van der Waals surface area contributed by atoms with Crippen molar-refractivity contribution < 1.29 is 23.2 Å². The molecule has 0 spiro atoms. The Balaban J connectivity index is 2.03. The molecule has 146 valence electrons. The molecule has 1 N–H and O–H groups in total. The first-order valence-electron chi connectivity index (χ1n) is 8.77. The molecule has 0 fully saturated rings. The topological polar surface area (TPSA) is 83.9 Å². The van der Waals surface area contributed by atoms with Crippen LogP contribution in [0, 0.1) is 11.8 Å². The molecule has 0 radical (unpaired) electrons. The van der Waals surface area contributed by atoms with Crippen LogP contribution in [0.2, 0.25) is 0 Å². The molecule has 1 unspecified atom stereocenters. The lowest BCUT2D eigenvalue weighted by atomic mass is 9.99. The molecular formula is C20H25NO5S. The van der Waals surface area contributed by atoms with Gasteiger partial charge in [0.25, 0.3) is 0 Å². The maximum absolute atomic E-state index is 12.4. The van der Waals surface area contributed by atoms with Gasteiger partial charge in [-0.1, -0.05) is 37.0 Å². The zero-order chi connectivity index (χ0) is 20.1. The van der Waals surface area contributed by atoms with Gasteiger partial charge in [0.05, 0.1) is 6.54 Å². The summed E-state index contributed by atoms with van der Waals surface area (Å²) in [6, 6.07) is 7.72. The lowest BCUT2D eigenvalue weighted by Crippen LogP contribution is -2.47. The van der Waals surface area contributed by atoms with Crippen LogP contribution in [-0.4, -0.2) is 55.3 Å². The highest BCUT2D eigenvalue weighted by molar-refractivity contribution is 7.92. The summed E-state index contributed by atoms with van der Waals surface area (Å²) in [6.07, 6.45) is 3.86. The van der Waals surface area contributed by atoms with Gasteiger partial charge in [-0.05, 0) is 43.0 Å². The van der Waals surface area contributed by atoms with Crippen LogP contribution >= 0.6 is 0 Å². The van der Waals surface area contributed by atoms with E-state index in [0.717, 1.165) is 23.0 Å². The molecule has 0 aromatic heterocycles. The number of carbonyl (C=O) groups is 1. The molecule has 6 nitrogen and oxygen atoms in total. The van der Waals surface area contributed by atoms with Gasteiger partial charge >= 0.3 is 5.97 Å². The zero-order valence-corrected chi connectivity index (χ0v) is 16.7. The summed E-state index contributed by atoms with van der Waals surface area (Å²) in [5.74, 6) is 4.72. The first kappa shape index (κ1) is 21.2. The fourth-order valence-electron chi connectivity index (χ4n) is 2.68. The largest absolute Gasteiger partial charge is 0.384 e. The second-order valence-corrected chi connectivity index (χ2v) is 9.09. The van der Waals surface area contributed by atoms with Crippen molar-refractivity contribution in [2.75, 3.05) is 26.0 Å². The molecule has 1 atom stereocenters. The van der Waals surface area contributed by atoms with E-state index in [1.807, 2.05) is 30.3 Å². The Morgan fingerprint density at radius 1 is 1.33 bits per heavy atom. The van der Waals surface area contributed by atoms with Gasteiger partial charge in [0.2, 0.25) is 0 Å². The van der Waals surface area contributed by atoms with E-state index in [4.69, 9.17) is 9.94 Å². The Bertz CT molecular complexity index is 877. The predicted octanol–water partition coefficient (Wildman–Crippen LogP) is 1.79. The van der Waals surface area contributed by atoms with Gasteiger partial charge < -0.3 is 9.94 Å². The smallest absolute Gasteiger partial charge is 0.346 e. The van der Waals surface area contributed by atoms with Crippen molar-refractivity contribution in [2.24, 2.45) is 0 Å². The van der Waals surface area contributed by atoms with E-state index >= 15 is 0 Å². The summed E-state index contributed by atoms with van der Waals surface area (Å²) in [5.41, 5.74) is 3.02. The molecule has 1 heterocycles. The van der Waals surface area contributed by atoms with Crippen LogP contribution in [0.25, 0.3) is 5.57 Å². The average molecular weight is 391 g/mol. The number of hydroxylamine groups is 2. The number of sulfone groups is 1. The van der Waals surface area contributed by atoms with Gasteiger partial charge in [0.1, 0.15) is 6.61 Å². The average Bonchev–Trinajstić information content (AvgIpc) is 2.65. The van der Waals surface area contributed by atoms with E-state index in [-0.39, 0.29) is 13.0 Å². The minimum Gasteiger partial charge on any atom is -0.384 e. The van der Waals surface area contributed by atoms with Crippen LogP contribution in [-0.2, 0) is 19.5 Å². The quantitative estimate of drug-likeness (QED) is 0.771. The van der Waals surface area contributed by atoms with Gasteiger partial charge in [0.15, 0.2) is 14.6 Å². The standard InChI is InChI=1S/C20H25NO5S/c1-4-20(2,27(3,24)25)19(23)26-21-13-11-18(12-14-21)17-9-7-16(8-10-17)6-5-15-22/h7-11,22H,4,12-15H2,1-3H3. The second-order valence-electron chi connectivity index (χ2n) is 6.64. The van der Waals surface area contributed by atoms with Gasteiger partial charge in [0, 0.05) is 18.4 Å². The lowest BCUT2D eigenvalue weighted by Gasteiger charge is -2.30. The van der Waals surface area contributed by atoms with Gasteiger partial charge in [-0.15, -0.1) is 5.06 Å². The number of hydrogen-bond donors (Lipinski definition) is 1. The highest BCUT2D eigenvalue weighted by Gasteiger charge is 2.44. The van der Waals surface area contributed by atoms with Crippen LogP contribution in [0.15, 0.2) is 30.3 Å². The molecule has 0 bridgehead atoms. The van der Waals surface area contributed by atoms with Crippen molar-refractivity contribution in [2.45, 2.75) is 31.4 Å². The number of aliphatic hydroxyl groups excluding tert-OH is 1. The first-order valence-corrected chi connectivity index (χ1v) is 10.7. The van der Waals surface area contributed by atoms with E-state index < -0.39 is 20.6 Å². The van der Waals surface area contributed by atoms with Crippen molar-refractivity contribution in [3.8, 4) is 11.8 Å². The summed E-state index contributed by atoms with van der Waals surface area (Å²) >= 11 is 0. The number of hydrogen-bond acceptors (Lipinski definition) is 6. The minimum absolute atomic E-state index is 0.158. The summed E-state index contributed by atoms with van der Waals surface area (Å²) in [5, 5.41) is 10.2. The summed E-state index contributed by atoms with van der Waals surface area (Å²) in [4.78, 5) is 17.7. The highest BCUT2D eigenvalue weighted by atomic mass is 32.2. The second kappa shape index (κ2) is 8.70. The fraction of sp³-hybridized carbons (Fsp3) is 0.450. The van der Waals surface area contributed by atoms with Gasteiger partial charge in [-0.2, -0.15) is 0 Å². The molecule has 1 aromatic rings. The first-order chi connectivity index (χ1) is 12.7. The monoisotopic (exact) mass is 391 g/mol. The molecule has 1 aliphatic rings. The fourth-order valence-corrected chi connectivity index (χ4v) is 3.54.